The molecule has 1 N–H and O–H groups in total. The molecule has 1 aromatic carbocycles. The zero-order valence-corrected chi connectivity index (χ0v) is 12.9. The summed E-state index contributed by atoms with van der Waals surface area (Å²) in [6.07, 6.45) is 0.167. The molecular weight excluding hydrogens is 288 g/mol. The van der Waals surface area contributed by atoms with E-state index in [0.717, 1.165) is 16.1 Å². The molecule has 2 rings (SSSR count). The van der Waals surface area contributed by atoms with Gasteiger partial charge in [0, 0.05) is 10.4 Å². The van der Waals surface area contributed by atoms with Crippen molar-refractivity contribution in [2.75, 3.05) is 12.4 Å². The molecule has 0 radical (unpaired) electrons. The van der Waals surface area contributed by atoms with Crippen LogP contribution in [-0.2, 0) is 16.0 Å². The first-order chi connectivity index (χ1) is 9.99. The standard InChI is InChI=1S/C15H16N2O3S/c1-9-4-6-11(7-5-9)14(19)17-15-16-10(2)12(21-15)8-13(18)20-3/h4-7H,8H2,1-3H3,(H,16,17,19). The SMILES string of the molecule is COC(=O)Cc1sc(NC(=O)c2ccc(C)cc2)nc1C. The van der Waals surface area contributed by atoms with Crippen LogP contribution in [0.25, 0.3) is 0 Å². The van der Waals surface area contributed by atoms with Gasteiger partial charge in [0.1, 0.15) is 0 Å². The van der Waals surface area contributed by atoms with Crippen molar-refractivity contribution < 1.29 is 14.3 Å². The maximum Gasteiger partial charge on any atom is 0.310 e. The van der Waals surface area contributed by atoms with E-state index in [2.05, 4.69) is 15.0 Å². The number of benzene rings is 1. The molecule has 0 bridgehead atoms. The van der Waals surface area contributed by atoms with Crippen molar-refractivity contribution in [1.29, 1.82) is 0 Å². The van der Waals surface area contributed by atoms with E-state index in [1.54, 1.807) is 19.1 Å². The molecule has 0 spiro atoms. The number of rotatable bonds is 4. The van der Waals surface area contributed by atoms with E-state index in [-0.39, 0.29) is 18.3 Å². The molecule has 0 unspecified atom stereocenters. The number of ether oxygens (including phenoxy) is 1. The largest absolute Gasteiger partial charge is 0.469 e. The summed E-state index contributed by atoms with van der Waals surface area (Å²) < 4.78 is 4.63. The van der Waals surface area contributed by atoms with Crippen molar-refractivity contribution in [3.05, 3.63) is 46.0 Å². The van der Waals surface area contributed by atoms with E-state index < -0.39 is 0 Å². The Morgan fingerprint density at radius 3 is 2.52 bits per heavy atom. The van der Waals surface area contributed by atoms with Crippen LogP contribution >= 0.6 is 11.3 Å². The maximum atomic E-state index is 12.1. The number of thiazole rings is 1. The minimum Gasteiger partial charge on any atom is -0.469 e. The van der Waals surface area contributed by atoms with Crippen LogP contribution < -0.4 is 5.32 Å². The smallest absolute Gasteiger partial charge is 0.310 e. The molecule has 110 valence electrons. The second kappa shape index (κ2) is 6.49. The number of carbonyl (C=O) groups excluding carboxylic acids is 2. The fourth-order valence-corrected chi connectivity index (χ4v) is 2.67. The Bertz CT molecular complexity index is 662. The topological polar surface area (TPSA) is 68.3 Å². The summed E-state index contributed by atoms with van der Waals surface area (Å²) in [6.45, 7) is 3.77. The number of nitrogens with zero attached hydrogens (tertiary/aromatic N) is 1. The van der Waals surface area contributed by atoms with Crippen LogP contribution in [0.1, 0.15) is 26.5 Å². The molecule has 6 heteroatoms. The van der Waals surface area contributed by atoms with Crippen LogP contribution in [0.15, 0.2) is 24.3 Å². The van der Waals surface area contributed by atoms with Crippen molar-refractivity contribution in [1.82, 2.24) is 4.98 Å². The number of hydrogen-bond donors (Lipinski definition) is 1. The molecule has 1 heterocycles. The average molecular weight is 304 g/mol. The van der Waals surface area contributed by atoms with Gasteiger partial charge in [-0.15, -0.1) is 11.3 Å². The zero-order chi connectivity index (χ0) is 15.4. The normalized spacial score (nSPS) is 10.2. The predicted molar refractivity (Wildman–Crippen MR) is 81.7 cm³/mol. The number of aromatic nitrogens is 1. The van der Waals surface area contributed by atoms with Gasteiger partial charge in [-0.2, -0.15) is 0 Å². The Hall–Kier alpha value is -2.21. The average Bonchev–Trinajstić information content (AvgIpc) is 2.79. The molecule has 0 aliphatic heterocycles. The van der Waals surface area contributed by atoms with Crippen LogP contribution in [-0.4, -0.2) is 24.0 Å². The van der Waals surface area contributed by atoms with Crippen LogP contribution in [0.2, 0.25) is 0 Å². The van der Waals surface area contributed by atoms with Crippen molar-refractivity contribution in [3.63, 3.8) is 0 Å². The first kappa shape index (κ1) is 15.2. The molecule has 1 aromatic heterocycles. The van der Waals surface area contributed by atoms with Crippen molar-refractivity contribution >= 4 is 28.3 Å². The van der Waals surface area contributed by atoms with Gasteiger partial charge in [0.05, 0.1) is 19.2 Å². The number of esters is 1. The fraction of sp³-hybridized carbons (Fsp3) is 0.267. The van der Waals surface area contributed by atoms with E-state index in [0.29, 0.717) is 10.7 Å². The van der Waals surface area contributed by atoms with Crippen LogP contribution in [0.4, 0.5) is 5.13 Å². The number of anilines is 1. The lowest BCUT2D eigenvalue weighted by Gasteiger charge is -2.01. The fourth-order valence-electron chi connectivity index (χ4n) is 1.72. The summed E-state index contributed by atoms with van der Waals surface area (Å²) >= 11 is 1.29. The maximum absolute atomic E-state index is 12.1. The number of nitrogens with one attached hydrogen (secondary N) is 1. The van der Waals surface area contributed by atoms with Crippen molar-refractivity contribution in [2.45, 2.75) is 20.3 Å². The van der Waals surface area contributed by atoms with Gasteiger partial charge in [-0.1, -0.05) is 17.7 Å². The number of aryl methyl sites for hydroxylation is 2. The summed E-state index contributed by atoms with van der Waals surface area (Å²) in [7, 11) is 1.35. The second-order valence-electron chi connectivity index (χ2n) is 4.60. The lowest BCUT2D eigenvalue weighted by atomic mass is 10.1. The minimum absolute atomic E-state index is 0.167. The Morgan fingerprint density at radius 2 is 1.90 bits per heavy atom. The van der Waals surface area contributed by atoms with E-state index in [9.17, 15) is 9.59 Å². The minimum atomic E-state index is -0.321. The van der Waals surface area contributed by atoms with Gasteiger partial charge in [-0.25, -0.2) is 4.98 Å². The zero-order valence-electron chi connectivity index (χ0n) is 12.1. The molecule has 2 aromatic rings. The van der Waals surface area contributed by atoms with E-state index in [4.69, 9.17) is 0 Å². The van der Waals surface area contributed by atoms with Gasteiger partial charge >= 0.3 is 5.97 Å². The first-order valence-electron chi connectivity index (χ1n) is 6.40. The Morgan fingerprint density at radius 1 is 1.24 bits per heavy atom. The molecule has 5 nitrogen and oxygen atoms in total. The van der Waals surface area contributed by atoms with E-state index in [1.165, 1.54) is 18.4 Å². The highest BCUT2D eigenvalue weighted by Gasteiger charge is 2.14. The molecule has 0 saturated carbocycles. The van der Waals surface area contributed by atoms with Crippen LogP contribution in [0.5, 0.6) is 0 Å². The molecule has 21 heavy (non-hydrogen) atoms. The number of methoxy groups -OCH3 is 1. The van der Waals surface area contributed by atoms with Gasteiger partial charge in [0.15, 0.2) is 5.13 Å². The van der Waals surface area contributed by atoms with E-state index in [1.807, 2.05) is 19.1 Å². The van der Waals surface area contributed by atoms with Gasteiger partial charge < -0.3 is 4.74 Å². The van der Waals surface area contributed by atoms with E-state index >= 15 is 0 Å². The highest BCUT2D eigenvalue weighted by atomic mass is 32.1. The molecule has 0 atom stereocenters. The predicted octanol–water partition coefficient (Wildman–Crippen LogP) is 2.73. The molecule has 0 fully saturated rings. The third-order valence-corrected chi connectivity index (χ3v) is 4.03. The second-order valence-corrected chi connectivity index (χ2v) is 5.68. The van der Waals surface area contributed by atoms with Crippen molar-refractivity contribution in [3.8, 4) is 0 Å². The Kier molecular flexibility index (Phi) is 4.70. The summed E-state index contributed by atoms with van der Waals surface area (Å²) in [5.41, 5.74) is 2.39. The van der Waals surface area contributed by atoms with Gasteiger partial charge in [0.2, 0.25) is 0 Å². The summed E-state index contributed by atoms with van der Waals surface area (Å²) in [5, 5.41) is 3.23. The highest BCUT2D eigenvalue weighted by molar-refractivity contribution is 7.16. The number of carbonyl (C=O) groups is 2. The monoisotopic (exact) mass is 304 g/mol. The van der Waals surface area contributed by atoms with Crippen LogP contribution in [0, 0.1) is 13.8 Å². The third-order valence-electron chi connectivity index (χ3n) is 2.96. The molecule has 1 amide bonds. The molecule has 0 aliphatic carbocycles. The third kappa shape index (κ3) is 3.88. The van der Waals surface area contributed by atoms with Gasteiger partial charge in [0.25, 0.3) is 5.91 Å². The van der Waals surface area contributed by atoms with Gasteiger partial charge in [-0.3, -0.25) is 14.9 Å². The summed E-state index contributed by atoms with van der Waals surface area (Å²) in [5.74, 6) is -0.536. The first-order valence-corrected chi connectivity index (χ1v) is 7.22. The molecule has 0 saturated heterocycles. The Balaban J connectivity index is 2.09. The quantitative estimate of drug-likeness (QED) is 0.882. The Labute approximate surface area is 127 Å². The van der Waals surface area contributed by atoms with Crippen molar-refractivity contribution in [2.24, 2.45) is 0 Å². The lowest BCUT2D eigenvalue weighted by molar-refractivity contribution is -0.139. The number of amides is 1. The number of hydrogen-bond acceptors (Lipinski definition) is 5. The summed E-state index contributed by atoms with van der Waals surface area (Å²) in [6, 6.07) is 7.29. The molecular formula is C15H16N2O3S. The van der Waals surface area contributed by atoms with Gasteiger partial charge in [-0.05, 0) is 26.0 Å². The van der Waals surface area contributed by atoms with Crippen LogP contribution in [0.3, 0.4) is 0 Å². The highest BCUT2D eigenvalue weighted by Crippen LogP contribution is 2.23. The lowest BCUT2D eigenvalue weighted by Crippen LogP contribution is -2.11. The molecule has 0 aliphatic rings. The summed E-state index contributed by atoms with van der Waals surface area (Å²) in [4.78, 5) is 28.4.